The molecule has 3 N–H and O–H groups in total. The monoisotopic (exact) mass is 311 g/mol. The first-order valence-corrected chi connectivity index (χ1v) is 6.39. The lowest BCUT2D eigenvalue weighted by atomic mass is 10.1. The first-order valence-electron chi connectivity index (χ1n) is 5.59. The molecule has 18 heavy (non-hydrogen) atoms. The highest BCUT2D eigenvalue weighted by atomic mass is 79.9. The number of benzene rings is 1. The van der Waals surface area contributed by atoms with Crippen LogP contribution in [-0.2, 0) is 16.1 Å². The number of amides is 2. The summed E-state index contributed by atoms with van der Waals surface area (Å²) in [5, 5.41) is 2.31. The number of nitrogens with one attached hydrogen (secondary N) is 1. The minimum Gasteiger partial charge on any atom is -0.398 e. The molecule has 1 atom stereocenters. The van der Waals surface area contributed by atoms with E-state index in [1.54, 1.807) is 13.0 Å². The Morgan fingerprint density at radius 1 is 1.50 bits per heavy atom. The van der Waals surface area contributed by atoms with E-state index in [-0.39, 0.29) is 24.4 Å². The van der Waals surface area contributed by atoms with E-state index < -0.39 is 0 Å². The van der Waals surface area contributed by atoms with Crippen LogP contribution < -0.4 is 11.1 Å². The van der Waals surface area contributed by atoms with E-state index in [0.29, 0.717) is 12.2 Å². The molecular formula is C12H14BrN3O2. The number of carbonyl (C=O) groups is 2. The molecule has 1 aromatic carbocycles. The maximum atomic E-state index is 11.5. The standard InChI is InChI=1S/C12H14BrN3O2/c1-7-12(18)15-10(17)6-16(7)5-8-3-2-4-9(14)11(8)13/h2-4,7H,5-6,14H2,1H3,(H,15,17,18). The van der Waals surface area contributed by atoms with Crippen LogP contribution in [0.1, 0.15) is 12.5 Å². The van der Waals surface area contributed by atoms with Crippen molar-refractivity contribution in [3.63, 3.8) is 0 Å². The predicted molar refractivity (Wildman–Crippen MR) is 71.6 cm³/mol. The molecule has 2 amide bonds. The van der Waals surface area contributed by atoms with Crippen molar-refractivity contribution in [2.45, 2.75) is 19.5 Å². The minimum absolute atomic E-state index is 0.216. The topological polar surface area (TPSA) is 75.4 Å². The summed E-state index contributed by atoms with van der Waals surface area (Å²) in [5.41, 5.74) is 7.41. The molecule has 1 fully saturated rings. The Labute approximate surface area is 113 Å². The highest BCUT2D eigenvalue weighted by molar-refractivity contribution is 9.10. The number of nitrogen functional groups attached to an aromatic ring is 1. The number of imide groups is 1. The van der Waals surface area contributed by atoms with Gasteiger partial charge in [-0.1, -0.05) is 12.1 Å². The van der Waals surface area contributed by atoms with Crippen LogP contribution in [0.25, 0.3) is 0 Å². The van der Waals surface area contributed by atoms with Crippen molar-refractivity contribution in [2.75, 3.05) is 12.3 Å². The van der Waals surface area contributed by atoms with Gasteiger partial charge in [-0.25, -0.2) is 0 Å². The molecule has 0 saturated carbocycles. The fourth-order valence-corrected chi connectivity index (χ4v) is 2.29. The van der Waals surface area contributed by atoms with E-state index in [9.17, 15) is 9.59 Å². The highest BCUT2D eigenvalue weighted by Crippen LogP contribution is 2.25. The molecule has 1 heterocycles. The van der Waals surface area contributed by atoms with Crippen LogP contribution >= 0.6 is 15.9 Å². The fraction of sp³-hybridized carbons (Fsp3) is 0.333. The molecule has 1 aliphatic rings. The van der Waals surface area contributed by atoms with Gasteiger partial charge >= 0.3 is 0 Å². The van der Waals surface area contributed by atoms with E-state index in [1.807, 2.05) is 17.0 Å². The van der Waals surface area contributed by atoms with Gasteiger partial charge in [-0.2, -0.15) is 0 Å². The third-order valence-electron chi connectivity index (χ3n) is 3.02. The Bertz CT molecular complexity index is 504. The Balaban J connectivity index is 2.20. The number of carbonyl (C=O) groups excluding carboxylic acids is 2. The summed E-state index contributed by atoms with van der Waals surface area (Å²) in [6.07, 6.45) is 0. The summed E-state index contributed by atoms with van der Waals surface area (Å²) in [6, 6.07) is 5.25. The van der Waals surface area contributed by atoms with Gasteiger partial charge in [-0.3, -0.25) is 19.8 Å². The average molecular weight is 312 g/mol. The van der Waals surface area contributed by atoms with Gasteiger partial charge in [0.15, 0.2) is 0 Å². The third kappa shape index (κ3) is 2.54. The van der Waals surface area contributed by atoms with Crippen molar-refractivity contribution in [3.05, 3.63) is 28.2 Å². The van der Waals surface area contributed by atoms with Crippen molar-refractivity contribution in [2.24, 2.45) is 0 Å². The zero-order chi connectivity index (χ0) is 13.3. The predicted octanol–water partition coefficient (Wildman–Crippen LogP) is 0.878. The summed E-state index contributed by atoms with van der Waals surface area (Å²) in [4.78, 5) is 24.7. The number of piperazine rings is 1. The van der Waals surface area contributed by atoms with Gasteiger partial charge in [0.1, 0.15) is 0 Å². The summed E-state index contributed by atoms with van der Waals surface area (Å²) >= 11 is 3.42. The van der Waals surface area contributed by atoms with Gasteiger partial charge < -0.3 is 5.73 Å². The second kappa shape index (κ2) is 5.07. The third-order valence-corrected chi connectivity index (χ3v) is 3.99. The fourth-order valence-electron chi connectivity index (χ4n) is 1.90. The van der Waals surface area contributed by atoms with Crippen LogP contribution in [0, 0.1) is 0 Å². The number of anilines is 1. The SMILES string of the molecule is CC1C(=O)NC(=O)CN1Cc1cccc(N)c1Br. The molecule has 2 rings (SSSR count). The van der Waals surface area contributed by atoms with Crippen LogP contribution in [0.5, 0.6) is 0 Å². The largest absolute Gasteiger partial charge is 0.398 e. The Morgan fingerprint density at radius 3 is 2.94 bits per heavy atom. The van der Waals surface area contributed by atoms with Crippen LogP contribution in [-0.4, -0.2) is 29.3 Å². The molecule has 1 saturated heterocycles. The van der Waals surface area contributed by atoms with E-state index in [4.69, 9.17) is 5.73 Å². The number of hydrogen-bond donors (Lipinski definition) is 2. The Morgan fingerprint density at radius 2 is 2.22 bits per heavy atom. The molecule has 1 aliphatic heterocycles. The molecule has 6 heteroatoms. The first kappa shape index (κ1) is 13.0. The van der Waals surface area contributed by atoms with Crippen LogP contribution in [0.3, 0.4) is 0 Å². The molecule has 96 valence electrons. The molecule has 5 nitrogen and oxygen atoms in total. The molecule has 0 spiro atoms. The number of rotatable bonds is 2. The zero-order valence-corrected chi connectivity index (χ0v) is 11.5. The van der Waals surface area contributed by atoms with Crippen LogP contribution in [0.15, 0.2) is 22.7 Å². The average Bonchev–Trinajstić information content (AvgIpc) is 2.31. The number of nitrogens with two attached hydrogens (primary N) is 1. The second-order valence-electron chi connectivity index (χ2n) is 4.31. The molecule has 1 unspecified atom stereocenters. The molecule has 0 aromatic heterocycles. The summed E-state index contributed by atoms with van der Waals surface area (Å²) in [7, 11) is 0. The van der Waals surface area contributed by atoms with Gasteiger partial charge in [-0.05, 0) is 34.5 Å². The smallest absolute Gasteiger partial charge is 0.243 e. The van der Waals surface area contributed by atoms with E-state index >= 15 is 0 Å². The quantitative estimate of drug-likeness (QED) is 0.628. The van der Waals surface area contributed by atoms with Gasteiger partial charge in [0, 0.05) is 16.7 Å². The number of hydrogen-bond acceptors (Lipinski definition) is 4. The van der Waals surface area contributed by atoms with Crippen molar-refractivity contribution in [3.8, 4) is 0 Å². The van der Waals surface area contributed by atoms with E-state index in [2.05, 4.69) is 21.2 Å². The maximum absolute atomic E-state index is 11.5. The number of halogens is 1. The lowest BCUT2D eigenvalue weighted by Gasteiger charge is -2.31. The zero-order valence-electron chi connectivity index (χ0n) is 9.94. The van der Waals surface area contributed by atoms with Gasteiger partial charge in [0.2, 0.25) is 11.8 Å². The number of nitrogens with zero attached hydrogens (tertiary/aromatic N) is 1. The highest BCUT2D eigenvalue weighted by Gasteiger charge is 2.30. The molecule has 0 radical (unpaired) electrons. The molecule has 1 aromatic rings. The van der Waals surface area contributed by atoms with E-state index in [0.717, 1.165) is 10.0 Å². The molecular weight excluding hydrogens is 298 g/mol. The maximum Gasteiger partial charge on any atom is 0.243 e. The van der Waals surface area contributed by atoms with E-state index in [1.165, 1.54) is 0 Å². The van der Waals surface area contributed by atoms with Crippen molar-refractivity contribution >= 4 is 33.4 Å². The van der Waals surface area contributed by atoms with Crippen molar-refractivity contribution in [1.29, 1.82) is 0 Å². The first-order chi connectivity index (χ1) is 8.49. The normalized spacial score (nSPS) is 20.9. The minimum atomic E-state index is -0.323. The van der Waals surface area contributed by atoms with Crippen molar-refractivity contribution < 1.29 is 9.59 Å². The Hall–Kier alpha value is -1.40. The summed E-state index contributed by atoms with van der Waals surface area (Å²) < 4.78 is 0.815. The van der Waals surface area contributed by atoms with Crippen molar-refractivity contribution in [1.82, 2.24) is 10.2 Å². The second-order valence-corrected chi connectivity index (χ2v) is 5.11. The van der Waals surface area contributed by atoms with Crippen LogP contribution in [0.2, 0.25) is 0 Å². The van der Waals surface area contributed by atoms with Gasteiger partial charge in [0.05, 0.1) is 12.6 Å². The van der Waals surface area contributed by atoms with Gasteiger partial charge in [0.25, 0.3) is 0 Å². The lowest BCUT2D eigenvalue weighted by Crippen LogP contribution is -2.56. The molecule has 0 aliphatic carbocycles. The van der Waals surface area contributed by atoms with Gasteiger partial charge in [-0.15, -0.1) is 0 Å². The lowest BCUT2D eigenvalue weighted by molar-refractivity contribution is -0.139. The summed E-state index contributed by atoms with van der Waals surface area (Å²) in [6.45, 7) is 2.50. The Kier molecular flexibility index (Phi) is 3.68. The molecule has 0 bridgehead atoms. The summed E-state index contributed by atoms with van der Waals surface area (Å²) in [5.74, 6) is -0.524. The van der Waals surface area contributed by atoms with Crippen LogP contribution in [0.4, 0.5) is 5.69 Å².